The van der Waals surface area contributed by atoms with Crippen molar-refractivity contribution < 1.29 is 4.92 Å². The summed E-state index contributed by atoms with van der Waals surface area (Å²) >= 11 is 0. The molecule has 0 aromatic carbocycles. The zero-order valence-electron chi connectivity index (χ0n) is 12.6. The molecule has 22 heavy (non-hydrogen) atoms. The van der Waals surface area contributed by atoms with E-state index in [0.717, 1.165) is 42.3 Å². The molecule has 0 radical (unpaired) electrons. The van der Waals surface area contributed by atoms with Crippen LogP contribution < -0.4 is 4.90 Å². The standard InChI is InChI=1S/C15H17N5O2/c1-3-14-16-7-11-4-5-19(9-13(11)18-14)15-10(2)6-12(8-17-15)20(21)22/h6-8H,3-5,9H2,1-2H3. The Hall–Kier alpha value is -2.57. The van der Waals surface area contributed by atoms with Crippen molar-refractivity contribution in [3.63, 3.8) is 0 Å². The van der Waals surface area contributed by atoms with Crippen LogP contribution >= 0.6 is 0 Å². The van der Waals surface area contributed by atoms with Crippen LogP contribution in [0.3, 0.4) is 0 Å². The van der Waals surface area contributed by atoms with Gasteiger partial charge in [0, 0.05) is 25.2 Å². The molecule has 0 N–H and O–H groups in total. The number of anilines is 1. The number of fused-ring (bicyclic) bond motifs is 1. The molecular weight excluding hydrogens is 282 g/mol. The Labute approximate surface area is 128 Å². The summed E-state index contributed by atoms with van der Waals surface area (Å²) < 4.78 is 0. The summed E-state index contributed by atoms with van der Waals surface area (Å²) in [5, 5.41) is 10.8. The van der Waals surface area contributed by atoms with Crippen molar-refractivity contribution in [2.24, 2.45) is 0 Å². The molecule has 1 aliphatic rings. The number of hydrogen-bond donors (Lipinski definition) is 0. The molecule has 3 heterocycles. The van der Waals surface area contributed by atoms with Gasteiger partial charge in [0.05, 0.1) is 17.2 Å². The second kappa shape index (κ2) is 5.67. The van der Waals surface area contributed by atoms with Crippen LogP contribution in [0, 0.1) is 17.0 Å². The van der Waals surface area contributed by atoms with E-state index in [1.807, 2.05) is 20.0 Å². The number of nitrogens with zero attached hydrogens (tertiary/aromatic N) is 5. The van der Waals surface area contributed by atoms with E-state index < -0.39 is 4.92 Å². The van der Waals surface area contributed by atoms with Gasteiger partial charge < -0.3 is 4.90 Å². The molecule has 7 heteroatoms. The van der Waals surface area contributed by atoms with Crippen molar-refractivity contribution in [1.82, 2.24) is 15.0 Å². The molecule has 0 unspecified atom stereocenters. The Bertz CT molecular complexity index is 732. The van der Waals surface area contributed by atoms with Gasteiger partial charge in [-0.15, -0.1) is 0 Å². The van der Waals surface area contributed by atoms with E-state index in [-0.39, 0.29) is 5.69 Å². The van der Waals surface area contributed by atoms with Crippen LogP contribution in [0.1, 0.15) is 29.6 Å². The van der Waals surface area contributed by atoms with Crippen molar-refractivity contribution in [2.75, 3.05) is 11.4 Å². The molecule has 7 nitrogen and oxygen atoms in total. The van der Waals surface area contributed by atoms with Crippen molar-refractivity contribution in [3.8, 4) is 0 Å². The van der Waals surface area contributed by atoms with Crippen LogP contribution in [0.25, 0.3) is 0 Å². The summed E-state index contributed by atoms with van der Waals surface area (Å²) in [6.07, 6.45) is 4.89. The predicted molar refractivity (Wildman–Crippen MR) is 81.8 cm³/mol. The maximum Gasteiger partial charge on any atom is 0.287 e. The number of pyridine rings is 1. The van der Waals surface area contributed by atoms with Gasteiger partial charge in [-0.1, -0.05) is 6.92 Å². The average Bonchev–Trinajstić information content (AvgIpc) is 2.53. The fourth-order valence-corrected chi connectivity index (χ4v) is 2.68. The molecule has 0 aliphatic carbocycles. The zero-order chi connectivity index (χ0) is 15.7. The van der Waals surface area contributed by atoms with Gasteiger partial charge in [-0.25, -0.2) is 15.0 Å². The largest absolute Gasteiger partial charge is 0.350 e. The van der Waals surface area contributed by atoms with Crippen molar-refractivity contribution in [2.45, 2.75) is 33.2 Å². The van der Waals surface area contributed by atoms with E-state index in [4.69, 9.17) is 0 Å². The van der Waals surface area contributed by atoms with Gasteiger partial charge in [0.1, 0.15) is 17.8 Å². The first-order valence-corrected chi connectivity index (χ1v) is 7.28. The number of hydrogen-bond acceptors (Lipinski definition) is 6. The van der Waals surface area contributed by atoms with Crippen LogP contribution in [0.15, 0.2) is 18.5 Å². The molecule has 0 amide bonds. The highest BCUT2D eigenvalue weighted by Crippen LogP contribution is 2.26. The van der Waals surface area contributed by atoms with Crippen molar-refractivity contribution in [1.29, 1.82) is 0 Å². The molecule has 0 saturated carbocycles. The Morgan fingerprint density at radius 2 is 2.18 bits per heavy atom. The SMILES string of the molecule is CCc1ncc2c(n1)CN(c1ncc([N+](=O)[O-])cc1C)CC2. The third-order valence-corrected chi connectivity index (χ3v) is 3.86. The fraction of sp³-hybridized carbons (Fsp3) is 0.400. The Balaban J connectivity index is 1.89. The fourth-order valence-electron chi connectivity index (χ4n) is 2.68. The lowest BCUT2D eigenvalue weighted by Gasteiger charge is -2.29. The molecule has 0 atom stereocenters. The number of nitro groups is 1. The highest BCUT2D eigenvalue weighted by Gasteiger charge is 2.21. The number of aromatic nitrogens is 3. The van der Waals surface area contributed by atoms with E-state index in [0.29, 0.717) is 6.54 Å². The van der Waals surface area contributed by atoms with E-state index in [2.05, 4.69) is 19.9 Å². The van der Waals surface area contributed by atoms with Crippen LogP contribution in [-0.4, -0.2) is 26.4 Å². The maximum absolute atomic E-state index is 10.8. The normalized spacial score (nSPS) is 13.8. The number of rotatable bonds is 3. The summed E-state index contributed by atoms with van der Waals surface area (Å²) in [7, 11) is 0. The minimum absolute atomic E-state index is 0.0225. The van der Waals surface area contributed by atoms with Crippen LogP contribution in [0.2, 0.25) is 0 Å². The lowest BCUT2D eigenvalue weighted by molar-refractivity contribution is -0.385. The molecule has 1 aliphatic heterocycles. The van der Waals surface area contributed by atoms with Crippen LogP contribution in [0.5, 0.6) is 0 Å². The summed E-state index contributed by atoms with van der Waals surface area (Å²) in [6, 6.07) is 1.56. The summed E-state index contributed by atoms with van der Waals surface area (Å²) in [5.41, 5.74) is 3.03. The second-order valence-electron chi connectivity index (χ2n) is 5.37. The molecule has 114 valence electrons. The van der Waals surface area contributed by atoms with Gasteiger partial charge in [0.2, 0.25) is 0 Å². The zero-order valence-corrected chi connectivity index (χ0v) is 12.6. The number of aryl methyl sites for hydroxylation is 2. The average molecular weight is 299 g/mol. The van der Waals surface area contributed by atoms with Gasteiger partial charge in [-0.3, -0.25) is 10.1 Å². The topological polar surface area (TPSA) is 85.0 Å². The van der Waals surface area contributed by atoms with Crippen molar-refractivity contribution in [3.05, 3.63) is 51.2 Å². The summed E-state index contributed by atoms with van der Waals surface area (Å²) in [4.78, 5) is 25.7. The van der Waals surface area contributed by atoms with Gasteiger partial charge in [-0.2, -0.15) is 0 Å². The quantitative estimate of drug-likeness (QED) is 0.638. The first-order valence-electron chi connectivity index (χ1n) is 7.28. The lowest BCUT2D eigenvalue weighted by atomic mass is 10.1. The molecule has 2 aromatic heterocycles. The van der Waals surface area contributed by atoms with Gasteiger partial charge >= 0.3 is 0 Å². The smallest absolute Gasteiger partial charge is 0.287 e. The van der Waals surface area contributed by atoms with E-state index >= 15 is 0 Å². The Morgan fingerprint density at radius 1 is 1.36 bits per heavy atom. The van der Waals surface area contributed by atoms with Crippen LogP contribution in [-0.2, 0) is 19.4 Å². The summed E-state index contributed by atoms with van der Waals surface area (Å²) in [5.74, 6) is 1.63. The Kier molecular flexibility index (Phi) is 3.70. The van der Waals surface area contributed by atoms with Gasteiger partial charge in [0.15, 0.2) is 0 Å². The van der Waals surface area contributed by atoms with Gasteiger partial charge in [0.25, 0.3) is 5.69 Å². The third-order valence-electron chi connectivity index (χ3n) is 3.86. The highest BCUT2D eigenvalue weighted by molar-refractivity contribution is 5.51. The van der Waals surface area contributed by atoms with E-state index in [1.54, 1.807) is 6.07 Å². The molecule has 0 saturated heterocycles. The minimum atomic E-state index is -0.421. The van der Waals surface area contributed by atoms with E-state index in [9.17, 15) is 10.1 Å². The summed E-state index contributed by atoms with van der Waals surface area (Å²) in [6.45, 7) is 5.36. The second-order valence-corrected chi connectivity index (χ2v) is 5.37. The molecule has 0 fully saturated rings. The predicted octanol–water partition coefficient (Wildman–Crippen LogP) is 2.21. The maximum atomic E-state index is 10.8. The molecule has 2 aromatic rings. The van der Waals surface area contributed by atoms with Crippen LogP contribution in [0.4, 0.5) is 11.5 Å². The minimum Gasteiger partial charge on any atom is -0.350 e. The third kappa shape index (κ3) is 2.61. The monoisotopic (exact) mass is 299 g/mol. The highest BCUT2D eigenvalue weighted by atomic mass is 16.6. The molecule has 3 rings (SSSR count). The van der Waals surface area contributed by atoms with Gasteiger partial charge in [-0.05, 0) is 24.5 Å². The van der Waals surface area contributed by atoms with E-state index in [1.165, 1.54) is 11.8 Å². The lowest BCUT2D eigenvalue weighted by Crippen LogP contribution is -2.32. The molecule has 0 bridgehead atoms. The van der Waals surface area contributed by atoms with Crippen molar-refractivity contribution >= 4 is 11.5 Å². The first-order chi connectivity index (χ1) is 10.6. The molecular formula is C15H17N5O2. The Morgan fingerprint density at radius 3 is 2.86 bits per heavy atom. The molecule has 0 spiro atoms. The first kappa shape index (κ1) is 14.4.